The van der Waals surface area contributed by atoms with Crippen LogP contribution in [0.4, 0.5) is 10.5 Å². The van der Waals surface area contributed by atoms with Gasteiger partial charge in [0, 0.05) is 18.8 Å². The van der Waals surface area contributed by atoms with Crippen molar-refractivity contribution in [2.75, 3.05) is 18.8 Å². The van der Waals surface area contributed by atoms with Crippen molar-refractivity contribution in [3.8, 4) is 0 Å². The van der Waals surface area contributed by atoms with Crippen molar-refractivity contribution in [1.82, 2.24) is 4.90 Å². The highest BCUT2D eigenvalue weighted by Gasteiger charge is 2.42. The van der Waals surface area contributed by atoms with Gasteiger partial charge in [-0.2, -0.15) is 0 Å². The Hall–Kier alpha value is -1.71. The molecule has 0 unspecified atom stereocenters. The van der Waals surface area contributed by atoms with Gasteiger partial charge < -0.3 is 15.4 Å². The molecule has 22 heavy (non-hydrogen) atoms. The number of hydrogen-bond donors (Lipinski definition) is 1. The molecule has 0 radical (unpaired) electrons. The van der Waals surface area contributed by atoms with Crippen molar-refractivity contribution >= 4 is 11.8 Å². The number of anilines is 1. The molecule has 1 amide bonds. The number of carbonyl (C=O) groups is 1. The fourth-order valence-corrected chi connectivity index (χ4v) is 3.81. The van der Waals surface area contributed by atoms with E-state index in [1.807, 2.05) is 31.7 Å². The van der Waals surface area contributed by atoms with Gasteiger partial charge in [0.25, 0.3) is 0 Å². The predicted octanol–water partition coefficient (Wildman–Crippen LogP) is 3.48. The smallest absolute Gasteiger partial charge is 0.410 e. The van der Waals surface area contributed by atoms with E-state index in [1.54, 1.807) is 0 Å². The largest absolute Gasteiger partial charge is 0.444 e. The zero-order valence-corrected chi connectivity index (χ0v) is 13.8. The summed E-state index contributed by atoms with van der Waals surface area (Å²) >= 11 is 0. The fourth-order valence-electron chi connectivity index (χ4n) is 3.81. The number of aryl methyl sites for hydroxylation is 1. The summed E-state index contributed by atoms with van der Waals surface area (Å²) in [7, 11) is 0. The molecule has 1 heterocycles. The van der Waals surface area contributed by atoms with Gasteiger partial charge in [0.15, 0.2) is 0 Å². The zero-order chi connectivity index (χ0) is 16.0. The maximum atomic E-state index is 12.2. The van der Waals surface area contributed by atoms with E-state index in [4.69, 9.17) is 10.5 Å². The van der Waals surface area contributed by atoms with Crippen LogP contribution < -0.4 is 5.73 Å². The van der Waals surface area contributed by atoms with Gasteiger partial charge in [-0.3, -0.25) is 0 Å². The number of nitrogens with zero attached hydrogens (tertiary/aromatic N) is 1. The molecular weight excluding hydrogens is 276 g/mol. The Bertz CT molecular complexity index is 581. The van der Waals surface area contributed by atoms with Crippen molar-refractivity contribution < 1.29 is 9.53 Å². The van der Waals surface area contributed by atoms with E-state index in [-0.39, 0.29) is 11.5 Å². The molecule has 1 aliphatic heterocycles. The molecule has 4 nitrogen and oxygen atoms in total. The molecule has 1 aliphatic carbocycles. The lowest BCUT2D eigenvalue weighted by molar-refractivity contribution is 0.0164. The first-order valence-electron chi connectivity index (χ1n) is 8.16. The number of nitrogen functional groups attached to an aromatic ring is 1. The number of hydrogen-bond acceptors (Lipinski definition) is 3. The third kappa shape index (κ3) is 2.79. The first kappa shape index (κ1) is 15.2. The maximum absolute atomic E-state index is 12.2. The number of fused-ring (bicyclic) bond motifs is 2. The number of benzene rings is 1. The van der Waals surface area contributed by atoms with E-state index in [0.717, 1.165) is 38.0 Å². The minimum atomic E-state index is -0.427. The lowest BCUT2D eigenvalue weighted by atomic mass is 9.74. The van der Waals surface area contributed by atoms with E-state index in [1.165, 1.54) is 17.5 Å². The first-order chi connectivity index (χ1) is 10.3. The second kappa shape index (κ2) is 5.18. The molecule has 0 bridgehead atoms. The summed E-state index contributed by atoms with van der Waals surface area (Å²) in [6.45, 7) is 7.29. The summed E-state index contributed by atoms with van der Waals surface area (Å²) < 4.78 is 5.48. The number of likely N-dealkylation sites (tertiary alicyclic amines) is 1. The summed E-state index contributed by atoms with van der Waals surface area (Å²) in [5, 5.41) is 0. The van der Waals surface area contributed by atoms with Gasteiger partial charge in [-0.25, -0.2) is 4.79 Å². The number of carbonyl (C=O) groups excluding carboxylic acids is 1. The minimum Gasteiger partial charge on any atom is -0.444 e. The summed E-state index contributed by atoms with van der Waals surface area (Å²) in [4.78, 5) is 14.0. The second-order valence-electron chi connectivity index (χ2n) is 7.66. The quantitative estimate of drug-likeness (QED) is 0.746. The Morgan fingerprint density at radius 3 is 2.55 bits per heavy atom. The number of rotatable bonds is 0. The molecule has 0 saturated carbocycles. The summed E-state index contributed by atoms with van der Waals surface area (Å²) in [6, 6.07) is 6.32. The topological polar surface area (TPSA) is 55.6 Å². The van der Waals surface area contributed by atoms with Crippen molar-refractivity contribution in [1.29, 1.82) is 0 Å². The van der Waals surface area contributed by atoms with Crippen molar-refractivity contribution in [2.45, 2.75) is 57.5 Å². The number of nitrogens with two attached hydrogens (primary N) is 1. The molecular formula is C18H26N2O2. The van der Waals surface area contributed by atoms with Gasteiger partial charge in [-0.15, -0.1) is 0 Å². The van der Waals surface area contributed by atoms with Crippen LogP contribution in [0.1, 0.15) is 51.2 Å². The third-order valence-corrected chi connectivity index (χ3v) is 4.95. The summed E-state index contributed by atoms with van der Waals surface area (Å²) in [5.74, 6) is 0. The summed E-state index contributed by atoms with van der Waals surface area (Å²) in [6.07, 6.45) is 4.13. The first-order valence-corrected chi connectivity index (χ1v) is 8.16. The minimum absolute atomic E-state index is 0.183. The molecule has 120 valence electrons. The van der Waals surface area contributed by atoms with Gasteiger partial charge in [-0.1, -0.05) is 6.07 Å². The molecule has 3 rings (SSSR count). The maximum Gasteiger partial charge on any atom is 0.410 e. The van der Waals surface area contributed by atoms with E-state index in [2.05, 4.69) is 12.1 Å². The number of piperidine rings is 1. The Morgan fingerprint density at radius 1 is 1.23 bits per heavy atom. The molecule has 2 N–H and O–H groups in total. The highest BCUT2D eigenvalue weighted by Crippen LogP contribution is 2.46. The van der Waals surface area contributed by atoms with Crippen LogP contribution in [0.3, 0.4) is 0 Å². The van der Waals surface area contributed by atoms with Crippen LogP contribution >= 0.6 is 0 Å². The molecule has 4 heteroatoms. The summed E-state index contributed by atoms with van der Waals surface area (Å²) in [5.41, 5.74) is 9.40. The highest BCUT2D eigenvalue weighted by molar-refractivity contribution is 5.68. The van der Waals surface area contributed by atoms with E-state index >= 15 is 0 Å². The average molecular weight is 302 g/mol. The Kier molecular flexibility index (Phi) is 3.58. The molecule has 0 aromatic heterocycles. The van der Waals surface area contributed by atoms with E-state index in [0.29, 0.717) is 0 Å². The van der Waals surface area contributed by atoms with Crippen molar-refractivity contribution in [3.05, 3.63) is 29.3 Å². The van der Waals surface area contributed by atoms with Crippen LogP contribution in [0.2, 0.25) is 0 Å². The van der Waals surface area contributed by atoms with E-state index in [9.17, 15) is 4.79 Å². The Labute approximate surface area is 132 Å². The SMILES string of the molecule is CC(C)(C)OC(=O)N1CCC2(CCc3cc(N)ccc32)CC1. The van der Waals surface area contributed by atoms with Crippen LogP contribution in [0.5, 0.6) is 0 Å². The monoisotopic (exact) mass is 302 g/mol. The van der Waals surface area contributed by atoms with Gasteiger partial charge >= 0.3 is 6.09 Å². The van der Waals surface area contributed by atoms with E-state index < -0.39 is 5.60 Å². The molecule has 1 spiro atoms. The normalized spacial score (nSPS) is 20.0. The lowest BCUT2D eigenvalue weighted by Gasteiger charge is -2.40. The third-order valence-electron chi connectivity index (χ3n) is 4.95. The van der Waals surface area contributed by atoms with Gasteiger partial charge in [0.05, 0.1) is 0 Å². The van der Waals surface area contributed by atoms with Crippen molar-refractivity contribution in [2.24, 2.45) is 0 Å². The molecule has 2 aliphatic rings. The number of ether oxygens (including phenoxy) is 1. The van der Waals surface area contributed by atoms with Gasteiger partial charge in [-0.05, 0) is 75.1 Å². The van der Waals surface area contributed by atoms with Crippen LogP contribution in [0, 0.1) is 0 Å². The molecule has 1 saturated heterocycles. The van der Waals surface area contributed by atoms with Gasteiger partial charge in [0.1, 0.15) is 5.60 Å². The molecule has 1 aromatic rings. The van der Waals surface area contributed by atoms with Crippen LogP contribution in [-0.4, -0.2) is 29.7 Å². The van der Waals surface area contributed by atoms with Crippen LogP contribution in [0.15, 0.2) is 18.2 Å². The van der Waals surface area contributed by atoms with Crippen LogP contribution in [-0.2, 0) is 16.6 Å². The van der Waals surface area contributed by atoms with Gasteiger partial charge in [0.2, 0.25) is 0 Å². The highest BCUT2D eigenvalue weighted by atomic mass is 16.6. The lowest BCUT2D eigenvalue weighted by Crippen LogP contribution is -2.46. The molecule has 1 aromatic carbocycles. The number of amides is 1. The Morgan fingerprint density at radius 2 is 1.91 bits per heavy atom. The average Bonchev–Trinajstić information content (AvgIpc) is 2.76. The molecule has 0 atom stereocenters. The fraction of sp³-hybridized carbons (Fsp3) is 0.611. The zero-order valence-electron chi connectivity index (χ0n) is 13.8. The Balaban J connectivity index is 1.69. The molecule has 1 fully saturated rings. The standard InChI is InChI=1S/C18H26N2O2/c1-17(2,3)22-16(21)20-10-8-18(9-11-20)7-6-13-12-14(19)4-5-15(13)18/h4-5,12H,6-11,19H2,1-3H3. The predicted molar refractivity (Wildman–Crippen MR) is 87.9 cm³/mol. The van der Waals surface area contributed by atoms with Crippen LogP contribution in [0.25, 0.3) is 0 Å². The second-order valence-corrected chi connectivity index (χ2v) is 7.66. The van der Waals surface area contributed by atoms with Crippen molar-refractivity contribution in [3.63, 3.8) is 0 Å².